The molecule has 1 saturated heterocycles. The number of hydrogen-bond acceptors (Lipinski definition) is 5. The first kappa shape index (κ1) is 20.5. The van der Waals surface area contributed by atoms with Crippen molar-refractivity contribution in [3.05, 3.63) is 58.1 Å². The number of hydrogen-bond donors (Lipinski definition) is 1. The average Bonchev–Trinajstić information content (AvgIpc) is 2.73. The topological polar surface area (TPSA) is 68.2 Å². The summed E-state index contributed by atoms with van der Waals surface area (Å²) < 4.78 is 16.4. The molecule has 2 aromatic carbocycles. The predicted octanol–water partition coefficient (Wildman–Crippen LogP) is 3.24. The van der Waals surface area contributed by atoms with Gasteiger partial charge in [-0.2, -0.15) is 0 Å². The van der Waals surface area contributed by atoms with Gasteiger partial charge >= 0.3 is 0 Å². The number of rotatable bonds is 5. The molecule has 0 aliphatic carbocycles. The highest BCUT2D eigenvalue weighted by Gasteiger charge is 2.37. The molecule has 1 heterocycles. The maximum absolute atomic E-state index is 13.3. The Balaban J connectivity index is 2.01. The second-order valence-corrected chi connectivity index (χ2v) is 7.02. The number of halogens is 1. The minimum absolute atomic E-state index is 0.163. The van der Waals surface area contributed by atoms with Crippen LogP contribution in [0.1, 0.15) is 27.5 Å². The third-order valence-corrected chi connectivity index (χ3v) is 5.37. The Labute approximate surface area is 169 Å². The number of benzene rings is 2. The van der Waals surface area contributed by atoms with Crippen LogP contribution in [-0.4, -0.2) is 56.0 Å². The SMILES string of the molecule is COc1ccc([C@@H]2[C@@H](CO)OCCN2C(=O)c2ccc(C)c(Cl)c2)cc1OC. The van der Waals surface area contributed by atoms with Crippen LogP contribution in [0.25, 0.3) is 0 Å². The van der Waals surface area contributed by atoms with Crippen LogP contribution in [0.15, 0.2) is 36.4 Å². The second-order valence-electron chi connectivity index (χ2n) is 6.61. The van der Waals surface area contributed by atoms with Crippen LogP contribution in [0.2, 0.25) is 5.02 Å². The van der Waals surface area contributed by atoms with E-state index in [0.29, 0.717) is 35.2 Å². The van der Waals surface area contributed by atoms with Crippen LogP contribution in [0.3, 0.4) is 0 Å². The standard InChI is InChI=1S/C21H24ClNO5/c1-13-4-5-15(10-16(13)22)21(25)23-8-9-28-19(12-24)20(23)14-6-7-17(26-2)18(11-14)27-3/h4-7,10-11,19-20,24H,8-9,12H2,1-3H3/t19-,20-/m1/s1. The second kappa shape index (κ2) is 8.82. The zero-order valence-electron chi connectivity index (χ0n) is 16.1. The molecule has 0 saturated carbocycles. The lowest BCUT2D eigenvalue weighted by Crippen LogP contribution is -2.49. The summed E-state index contributed by atoms with van der Waals surface area (Å²) in [5.74, 6) is 0.975. The van der Waals surface area contributed by atoms with E-state index in [4.69, 9.17) is 25.8 Å². The number of nitrogens with zero attached hydrogens (tertiary/aromatic N) is 1. The quantitative estimate of drug-likeness (QED) is 0.827. The Morgan fingerprint density at radius 1 is 1.21 bits per heavy atom. The molecule has 0 unspecified atom stereocenters. The van der Waals surface area contributed by atoms with E-state index in [1.807, 2.05) is 25.1 Å². The van der Waals surface area contributed by atoms with Crippen molar-refractivity contribution in [2.75, 3.05) is 34.0 Å². The van der Waals surface area contributed by atoms with Crippen LogP contribution < -0.4 is 9.47 Å². The number of morpholine rings is 1. The minimum Gasteiger partial charge on any atom is -0.493 e. The first-order chi connectivity index (χ1) is 13.5. The van der Waals surface area contributed by atoms with Gasteiger partial charge in [-0.15, -0.1) is 0 Å². The van der Waals surface area contributed by atoms with Gasteiger partial charge in [0.1, 0.15) is 6.10 Å². The van der Waals surface area contributed by atoms with Crippen LogP contribution in [0.4, 0.5) is 0 Å². The van der Waals surface area contributed by atoms with Crippen molar-refractivity contribution in [2.24, 2.45) is 0 Å². The highest BCUT2D eigenvalue weighted by molar-refractivity contribution is 6.31. The predicted molar refractivity (Wildman–Crippen MR) is 106 cm³/mol. The van der Waals surface area contributed by atoms with E-state index in [1.165, 1.54) is 0 Å². The molecule has 2 aromatic rings. The molecular formula is C21H24ClNO5. The van der Waals surface area contributed by atoms with Crippen LogP contribution >= 0.6 is 11.6 Å². The molecular weight excluding hydrogens is 382 g/mol. The maximum atomic E-state index is 13.3. The highest BCUT2D eigenvalue weighted by Crippen LogP contribution is 2.36. The fraction of sp³-hybridized carbons (Fsp3) is 0.381. The number of carbonyl (C=O) groups excluding carboxylic acids is 1. The summed E-state index contributed by atoms with van der Waals surface area (Å²) in [5.41, 5.74) is 2.20. The van der Waals surface area contributed by atoms with Crippen molar-refractivity contribution in [1.82, 2.24) is 4.90 Å². The van der Waals surface area contributed by atoms with Gasteiger partial charge in [-0.25, -0.2) is 0 Å². The third kappa shape index (κ3) is 3.94. The van der Waals surface area contributed by atoms with Gasteiger partial charge in [0.05, 0.1) is 33.5 Å². The van der Waals surface area contributed by atoms with Gasteiger partial charge in [0.2, 0.25) is 0 Å². The molecule has 7 heteroatoms. The van der Waals surface area contributed by atoms with Crippen LogP contribution in [0, 0.1) is 6.92 Å². The number of aryl methyl sites for hydroxylation is 1. The molecule has 0 spiro atoms. The monoisotopic (exact) mass is 405 g/mol. The van der Waals surface area contributed by atoms with E-state index in [0.717, 1.165) is 11.1 Å². The number of amides is 1. The van der Waals surface area contributed by atoms with Gasteiger partial charge in [-0.3, -0.25) is 4.79 Å². The molecule has 2 atom stereocenters. The van der Waals surface area contributed by atoms with Gasteiger partial charge in [0.25, 0.3) is 5.91 Å². The van der Waals surface area contributed by atoms with Crippen molar-refractivity contribution in [2.45, 2.75) is 19.1 Å². The number of carbonyl (C=O) groups is 1. The fourth-order valence-corrected chi connectivity index (χ4v) is 3.62. The molecule has 3 rings (SSSR count). The van der Waals surface area contributed by atoms with Crippen LogP contribution in [-0.2, 0) is 4.74 Å². The zero-order chi connectivity index (χ0) is 20.3. The summed E-state index contributed by atoms with van der Waals surface area (Å²) in [5, 5.41) is 10.4. The molecule has 1 fully saturated rings. The molecule has 1 aliphatic heterocycles. The maximum Gasteiger partial charge on any atom is 0.254 e. The molecule has 1 aliphatic rings. The minimum atomic E-state index is -0.545. The molecule has 0 aromatic heterocycles. The molecule has 0 bridgehead atoms. The highest BCUT2D eigenvalue weighted by atomic mass is 35.5. The Hall–Kier alpha value is -2.28. The Kier molecular flexibility index (Phi) is 6.44. The molecule has 28 heavy (non-hydrogen) atoms. The summed E-state index contributed by atoms with van der Waals surface area (Å²) >= 11 is 6.21. The first-order valence-electron chi connectivity index (χ1n) is 9.01. The Morgan fingerprint density at radius 2 is 1.96 bits per heavy atom. The summed E-state index contributed by atoms with van der Waals surface area (Å²) in [7, 11) is 3.12. The lowest BCUT2D eigenvalue weighted by Gasteiger charge is -2.41. The normalized spacial score (nSPS) is 19.4. The van der Waals surface area contributed by atoms with E-state index < -0.39 is 12.1 Å². The third-order valence-electron chi connectivity index (χ3n) is 4.96. The largest absolute Gasteiger partial charge is 0.493 e. The van der Waals surface area contributed by atoms with Crippen LogP contribution in [0.5, 0.6) is 11.5 Å². The van der Waals surface area contributed by atoms with E-state index >= 15 is 0 Å². The van der Waals surface area contributed by atoms with Crippen molar-refractivity contribution in [3.63, 3.8) is 0 Å². The Morgan fingerprint density at radius 3 is 2.61 bits per heavy atom. The Bertz CT molecular complexity index is 857. The smallest absolute Gasteiger partial charge is 0.254 e. The van der Waals surface area contributed by atoms with Crippen molar-refractivity contribution < 1.29 is 24.1 Å². The van der Waals surface area contributed by atoms with E-state index in [-0.39, 0.29) is 12.5 Å². The summed E-state index contributed by atoms with van der Waals surface area (Å²) in [6.07, 6.45) is -0.545. The average molecular weight is 406 g/mol. The lowest BCUT2D eigenvalue weighted by atomic mass is 9.96. The van der Waals surface area contributed by atoms with E-state index in [1.54, 1.807) is 37.3 Å². The lowest BCUT2D eigenvalue weighted by molar-refractivity contribution is -0.0811. The van der Waals surface area contributed by atoms with Gasteiger partial charge in [0.15, 0.2) is 11.5 Å². The molecule has 1 amide bonds. The molecule has 6 nitrogen and oxygen atoms in total. The summed E-state index contributed by atoms with van der Waals surface area (Å²) in [6.45, 7) is 2.43. The van der Waals surface area contributed by atoms with E-state index in [2.05, 4.69) is 0 Å². The van der Waals surface area contributed by atoms with Crippen molar-refractivity contribution in [3.8, 4) is 11.5 Å². The molecule has 150 valence electrons. The summed E-state index contributed by atoms with van der Waals surface area (Å²) in [4.78, 5) is 15.0. The fourth-order valence-electron chi connectivity index (χ4n) is 3.44. The van der Waals surface area contributed by atoms with Gasteiger partial charge < -0.3 is 24.2 Å². The first-order valence-corrected chi connectivity index (χ1v) is 9.39. The van der Waals surface area contributed by atoms with Crippen molar-refractivity contribution >= 4 is 17.5 Å². The number of methoxy groups -OCH3 is 2. The van der Waals surface area contributed by atoms with Crippen molar-refractivity contribution in [1.29, 1.82) is 0 Å². The van der Waals surface area contributed by atoms with Gasteiger partial charge in [-0.1, -0.05) is 23.7 Å². The van der Waals surface area contributed by atoms with E-state index in [9.17, 15) is 9.90 Å². The zero-order valence-corrected chi connectivity index (χ0v) is 16.9. The number of ether oxygens (including phenoxy) is 3. The molecule has 1 N–H and O–H groups in total. The summed E-state index contributed by atoms with van der Waals surface area (Å²) in [6, 6.07) is 10.2. The number of aliphatic hydroxyl groups excluding tert-OH is 1. The number of aliphatic hydroxyl groups is 1. The van der Waals surface area contributed by atoms with Gasteiger partial charge in [0, 0.05) is 17.1 Å². The van der Waals surface area contributed by atoms with Gasteiger partial charge in [-0.05, 0) is 42.3 Å². The molecule has 0 radical (unpaired) electrons.